The summed E-state index contributed by atoms with van der Waals surface area (Å²) < 4.78 is 0.677. The standard InChI is InChI=1S/C4H3BrN2OS.C4H7NO/c5-4-7-1-2(9-4)3(6)8;6-4-2-1-3-5-4/h1H,(H2,6,8);1-3H2,(H,5,6). The quantitative estimate of drug-likeness (QED) is 0.806. The molecule has 2 heterocycles. The van der Waals surface area contributed by atoms with Crippen molar-refractivity contribution >= 4 is 39.1 Å². The molecule has 82 valence electrons. The molecule has 2 amide bonds. The maximum Gasteiger partial charge on any atom is 0.260 e. The van der Waals surface area contributed by atoms with Crippen LogP contribution < -0.4 is 11.1 Å². The molecule has 1 aromatic heterocycles. The van der Waals surface area contributed by atoms with Gasteiger partial charge < -0.3 is 11.1 Å². The number of halogens is 1. The van der Waals surface area contributed by atoms with Crippen LogP contribution in [0.25, 0.3) is 0 Å². The first-order valence-corrected chi connectivity index (χ1v) is 5.88. The van der Waals surface area contributed by atoms with Gasteiger partial charge in [-0.1, -0.05) is 0 Å². The van der Waals surface area contributed by atoms with Crippen molar-refractivity contribution in [1.29, 1.82) is 0 Å². The Balaban J connectivity index is 0.000000162. The van der Waals surface area contributed by atoms with Crippen molar-refractivity contribution in [3.63, 3.8) is 0 Å². The summed E-state index contributed by atoms with van der Waals surface area (Å²) in [5, 5.41) is 2.68. The lowest BCUT2D eigenvalue weighted by Crippen LogP contribution is -2.12. The molecule has 0 spiro atoms. The summed E-state index contributed by atoms with van der Waals surface area (Å²) >= 11 is 4.33. The van der Waals surface area contributed by atoms with Gasteiger partial charge >= 0.3 is 0 Å². The Labute approximate surface area is 99.2 Å². The van der Waals surface area contributed by atoms with Gasteiger partial charge in [0.25, 0.3) is 5.91 Å². The van der Waals surface area contributed by atoms with Crippen LogP contribution in [0.5, 0.6) is 0 Å². The number of rotatable bonds is 1. The normalized spacial score (nSPS) is 14.1. The SMILES string of the molecule is NC(=O)c1cnc(Br)s1.O=C1CCCN1. The van der Waals surface area contributed by atoms with E-state index in [0.29, 0.717) is 8.79 Å². The maximum absolute atomic E-state index is 10.4. The molecule has 5 nitrogen and oxygen atoms in total. The molecule has 1 saturated heterocycles. The minimum Gasteiger partial charge on any atom is -0.365 e. The second-order valence-electron chi connectivity index (χ2n) is 2.80. The first kappa shape index (κ1) is 12.1. The highest BCUT2D eigenvalue weighted by molar-refractivity contribution is 9.11. The smallest absolute Gasteiger partial charge is 0.260 e. The van der Waals surface area contributed by atoms with Crippen molar-refractivity contribution in [2.45, 2.75) is 12.8 Å². The summed E-state index contributed by atoms with van der Waals surface area (Å²) in [4.78, 5) is 24.8. The van der Waals surface area contributed by atoms with Crippen molar-refractivity contribution < 1.29 is 9.59 Å². The molecule has 7 heteroatoms. The third-order valence-electron chi connectivity index (χ3n) is 1.62. The van der Waals surface area contributed by atoms with Gasteiger partial charge in [0.2, 0.25) is 5.91 Å². The molecule has 3 N–H and O–H groups in total. The molecule has 0 aromatic carbocycles. The summed E-state index contributed by atoms with van der Waals surface area (Å²) in [7, 11) is 0. The average Bonchev–Trinajstić information content (AvgIpc) is 2.77. The van der Waals surface area contributed by atoms with Gasteiger partial charge in [0.1, 0.15) is 4.88 Å². The number of thiazole rings is 1. The molecule has 2 rings (SSSR count). The van der Waals surface area contributed by atoms with Gasteiger partial charge in [-0.05, 0) is 22.4 Å². The van der Waals surface area contributed by atoms with Crippen LogP contribution in [0.2, 0.25) is 0 Å². The number of carbonyl (C=O) groups is 2. The van der Waals surface area contributed by atoms with Crippen molar-refractivity contribution in [1.82, 2.24) is 10.3 Å². The zero-order chi connectivity index (χ0) is 11.3. The van der Waals surface area contributed by atoms with Crippen molar-refractivity contribution in [3.8, 4) is 0 Å². The molecule has 0 unspecified atom stereocenters. The van der Waals surface area contributed by atoms with E-state index in [9.17, 15) is 9.59 Å². The topological polar surface area (TPSA) is 85.1 Å². The minimum absolute atomic E-state index is 0.204. The number of hydrogen-bond donors (Lipinski definition) is 2. The summed E-state index contributed by atoms with van der Waals surface area (Å²) in [6.45, 7) is 0.888. The van der Waals surface area contributed by atoms with E-state index in [-0.39, 0.29) is 5.91 Å². The van der Waals surface area contributed by atoms with E-state index in [1.165, 1.54) is 17.5 Å². The highest BCUT2D eigenvalue weighted by Crippen LogP contribution is 2.17. The van der Waals surface area contributed by atoms with Gasteiger partial charge in [-0.2, -0.15) is 0 Å². The zero-order valence-electron chi connectivity index (χ0n) is 7.83. The second-order valence-corrected chi connectivity index (χ2v) is 5.10. The lowest BCUT2D eigenvalue weighted by Gasteiger charge is -1.80. The molecule has 0 aliphatic carbocycles. The predicted molar refractivity (Wildman–Crippen MR) is 60.6 cm³/mol. The molecule has 0 atom stereocenters. The third-order valence-corrected chi connectivity index (χ3v) is 3.11. The lowest BCUT2D eigenvalue weighted by molar-refractivity contribution is -0.119. The first-order valence-electron chi connectivity index (χ1n) is 4.27. The number of nitrogens with two attached hydrogens (primary N) is 1. The van der Waals surface area contributed by atoms with Crippen LogP contribution in [0, 0.1) is 0 Å². The molecule has 1 fully saturated rings. The van der Waals surface area contributed by atoms with Gasteiger partial charge in [-0.15, -0.1) is 11.3 Å². The Morgan fingerprint density at radius 3 is 2.60 bits per heavy atom. The minimum atomic E-state index is -0.432. The molecular weight excluding hydrogens is 282 g/mol. The maximum atomic E-state index is 10.4. The van der Waals surface area contributed by atoms with Crippen LogP contribution >= 0.6 is 27.3 Å². The molecule has 1 aromatic rings. The first-order chi connectivity index (χ1) is 7.09. The fourth-order valence-corrected chi connectivity index (χ4v) is 2.05. The van der Waals surface area contributed by atoms with E-state index < -0.39 is 5.91 Å². The Bertz CT molecular complexity index is 359. The molecule has 0 saturated carbocycles. The van der Waals surface area contributed by atoms with E-state index in [4.69, 9.17) is 5.73 Å². The van der Waals surface area contributed by atoms with Crippen LogP contribution in [-0.2, 0) is 4.79 Å². The van der Waals surface area contributed by atoms with Gasteiger partial charge in [0.15, 0.2) is 3.92 Å². The molecule has 1 aliphatic heterocycles. The van der Waals surface area contributed by atoms with Crippen LogP contribution in [0.1, 0.15) is 22.5 Å². The molecule has 1 aliphatic rings. The van der Waals surface area contributed by atoms with E-state index in [1.807, 2.05) is 0 Å². The van der Waals surface area contributed by atoms with E-state index in [1.54, 1.807) is 0 Å². The second kappa shape index (κ2) is 5.82. The van der Waals surface area contributed by atoms with Crippen molar-refractivity contribution in [2.24, 2.45) is 5.73 Å². The number of amides is 2. The van der Waals surface area contributed by atoms with Gasteiger partial charge in [-0.3, -0.25) is 9.59 Å². The van der Waals surface area contributed by atoms with Crippen LogP contribution in [-0.4, -0.2) is 23.3 Å². The fraction of sp³-hybridized carbons (Fsp3) is 0.375. The van der Waals surface area contributed by atoms with E-state index in [2.05, 4.69) is 26.2 Å². The van der Waals surface area contributed by atoms with E-state index in [0.717, 1.165) is 19.4 Å². The summed E-state index contributed by atoms with van der Waals surface area (Å²) in [6, 6.07) is 0. The monoisotopic (exact) mass is 291 g/mol. The summed E-state index contributed by atoms with van der Waals surface area (Å²) in [5.74, 6) is -0.229. The molecule has 0 bridgehead atoms. The zero-order valence-corrected chi connectivity index (χ0v) is 10.2. The van der Waals surface area contributed by atoms with Crippen LogP contribution in [0.4, 0.5) is 0 Å². The summed E-state index contributed by atoms with van der Waals surface area (Å²) in [5.41, 5.74) is 4.94. The number of nitrogens with one attached hydrogen (secondary N) is 1. The fourth-order valence-electron chi connectivity index (χ4n) is 0.932. The van der Waals surface area contributed by atoms with Crippen LogP contribution in [0.3, 0.4) is 0 Å². The number of carbonyl (C=O) groups excluding carboxylic acids is 2. The molecule has 0 radical (unpaired) electrons. The highest BCUT2D eigenvalue weighted by Gasteiger charge is 2.05. The molecular formula is C8H10BrN3O2S. The molecule has 15 heavy (non-hydrogen) atoms. The average molecular weight is 292 g/mol. The number of aromatic nitrogens is 1. The van der Waals surface area contributed by atoms with E-state index >= 15 is 0 Å². The summed E-state index contributed by atoms with van der Waals surface area (Å²) in [6.07, 6.45) is 3.20. The Hall–Kier alpha value is -0.950. The van der Waals surface area contributed by atoms with Gasteiger partial charge in [0, 0.05) is 13.0 Å². The van der Waals surface area contributed by atoms with Gasteiger partial charge in [-0.25, -0.2) is 4.98 Å². The largest absolute Gasteiger partial charge is 0.365 e. The number of hydrogen-bond acceptors (Lipinski definition) is 4. The number of primary amides is 1. The highest BCUT2D eigenvalue weighted by atomic mass is 79.9. The number of nitrogens with zero attached hydrogens (tertiary/aromatic N) is 1. The Morgan fingerprint density at radius 1 is 1.67 bits per heavy atom. The lowest BCUT2D eigenvalue weighted by atomic mass is 10.4. The Kier molecular flexibility index (Phi) is 4.70. The van der Waals surface area contributed by atoms with Crippen molar-refractivity contribution in [2.75, 3.05) is 6.54 Å². The van der Waals surface area contributed by atoms with Crippen molar-refractivity contribution in [3.05, 3.63) is 15.0 Å². The van der Waals surface area contributed by atoms with Crippen LogP contribution in [0.15, 0.2) is 10.1 Å². The third kappa shape index (κ3) is 4.39. The predicted octanol–water partition coefficient (Wildman–Crippen LogP) is 0.901. The Morgan fingerprint density at radius 2 is 2.40 bits per heavy atom. The van der Waals surface area contributed by atoms with Gasteiger partial charge in [0.05, 0.1) is 6.20 Å².